The van der Waals surface area contributed by atoms with E-state index >= 15 is 0 Å². The molecule has 9 heteroatoms. The molecule has 2 bridgehead atoms. The maximum Gasteiger partial charge on any atom is 0.269 e. The van der Waals surface area contributed by atoms with Crippen molar-refractivity contribution in [2.45, 2.75) is 19.4 Å². The van der Waals surface area contributed by atoms with Crippen LogP contribution in [0.4, 0.5) is 5.69 Å². The highest BCUT2D eigenvalue weighted by atomic mass is 16.6. The number of rotatable bonds is 7. The van der Waals surface area contributed by atoms with Crippen molar-refractivity contribution in [3.8, 4) is 11.5 Å². The summed E-state index contributed by atoms with van der Waals surface area (Å²) >= 11 is 0. The van der Waals surface area contributed by atoms with Gasteiger partial charge in [0.15, 0.2) is 11.5 Å². The Balaban J connectivity index is 1.14. The average molecular weight is 473 g/mol. The number of allylic oxidation sites excluding steroid dienone is 2. The number of hydrogen-bond donors (Lipinski definition) is 0. The zero-order valence-corrected chi connectivity index (χ0v) is 19.0. The molecule has 2 saturated carbocycles. The third-order valence-corrected chi connectivity index (χ3v) is 7.88. The summed E-state index contributed by atoms with van der Waals surface area (Å²) in [5.74, 6) is 0.336. The molecule has 1 aliphatic heterocycles. The van der Waals surface area contributed by atoms with Gasteiger partial charge < -0.3 is 9.47 Å². The van der Waals surface area contributed by atoms with Gasteiger partial charge in [-0.25, -0.2) is 0 Å². The molecule has 2 amide bonds. The lowest BCUT2D eigenvalue weighted by Gasteiger charge is -2.18. The normalized spacial score (nSPS) is 27.2. The number of imide groups is 1. The van der Waals surface area contributed by atoms with E-state index in [-0.39, 0.29) is 53.2 Å². The Morgan fingerprint density at radius 2 is 1.71 bits per heavy atom. The SMILES string of the molecule is COc1cc(C=NN2C(=O)C3C(C2=O)C2C=CC3C23CC3)ccc1OCc1ccc([N+](=O)[O-])cc1. The summed E-state index contributed by atoms with van der Waals surface area (Å²) in [7, 11) is 1.51. The molecule has 3 aliphatic carbocycles. The van der Waals surface area contributed by atoms with Gasteiger partial charge in [0.2, 0.25) is 0 Å². The number of carbonyl (C=O) groups excluding carboxylic acids is 2. The van der Waals surface area contributed by atoms with Crippen LogP contribution in [0.5, 0.6) is 11.5 Å². The molecule has 1 spiro atoms. The van der Waals surface area contributed by atoms with Gasteiger partial charge in [-0.1, -0.05) is 12.2 Å². The van der Waals surface area contributed by atoms with E-state index < -0.39 is 4.92 Å². The molecule has 178 valence electrons. The first kappa shape index (κ1) is 21.5. The zero-order chi connectivity index (χ0) is 24.3. The summed E-state index contributed by atoms with van der Waals surface area (Å²) in [4.78, 5) is 36.5. The number of benzene rings is 2. The van der Waals surface area contributed by atoms with Crippen LogP contribution < -0.4 is 9.47 Å². The Labute approximate surface area is 201 Å². The van der Waals surface area contributed by atoms with Gasteiger partial charge in [-0.3, -0.25) is 19.7 Å². The van der Waals surface area contributed by atoms with Gasteiger partial charge >= 0.3 is 0 Å². The Kier molecular flexibility index (Phi) is 4.77. The number of nitro groups is 1. The lowest BCUT2D eigenvalue weighted by molar-refractivity contribution is -0.384. The maximum atomic E-state index is 13.1. The molecule has 2 aromatic rings. The van der Waals surface area contributed by atoms with E-state index in [4.69, 9.17) is 9.47 Å². The van der Waals surface area contributed by atoms with Crippen LogP contribution in [0.1, 0.15) is 24.0 Å². The number of fused-ring (bicyclic) bond motifs is 3. The van der Waals surface area contributed by atoms with Crippen LogP contribution in [0.15, 0.2) is 59.7 Å². The number of methoxy groups -OCH3 is 1. The van der Waals surface area contributed by atoms with Gasteiger partial charge in [-0.05, 0) is 71.6 Å². The largest absolute Gasteiger partial charge is 0.493 e. The fourth-order valence-electron chi connectivity index (χ4n) is 6.06. The van der Waals surface area contributed by atoms with E-state index in [9.17, 15) is 19.7 Å². The zero-order valence-electron chi connectivity index (χ0n) is 19.0. The second-order valence-electron chi connectivity index (χ2n) is 9.58. The molecule has 0 aromatic heterocycles. The van der Waals surface area contributed by atoms with Gasteiger partial charge in [0.25, 0.3) is 17.5 Å². The first-order valence-electron chi connectivity index (χ1n) is 11.6. The highest BCUT2D eigenvalue weighted by molar-refractivity contribution is 6.07. The number of nitro benzene ring substituents is 1. The van der Waals surface area contributed by atoms with Gasteiger partial charge in [0.1, 0.15) is 6.61 Å². The highest BCUT2D eigenvalue weighted by Crippen LogP contribution is 2.73. The van der Waals surface area contributed by atoms with Crippen LogP contribution in [0, 0.1) is 39.2 Å². The van der Waals surface area contributed by atoms with Crippen molar-refractivity contribution in [2.24, 2.45) is 34.2 Å². The van der Waals surface area contributed by atoms with E-state index in [1.807, 2.05) is 0 Å². The summed E-state index contributed by atoms with van der Waals surface area (Å²) in [5, 5.41) is 16.1. The third-order valence-electron chi connectivity index (χ3n) is 7.88. The molecular weight excluding hydrogens is 450 g/mol. The second-order valence-corrected chi connectivity index (χ2v) is 9.58. The Morgan fingerprint density at radius 1 is 1.06 bits per heavy atom. The molecule has 4 aliphatic rings. The molecule has 1 heterocycles. The van der Waals surface area contributed by atoms with Gasteiger partial charge in [0.05, 0.1) is 30.1 Å². The molecule has 1 saturated heterocycles. The monoisotopic (exact) mass is 473 g/mol. The average Bonchev–Trinajstić information content (AvgIpc) is 3.47. The van der Waals surface area contributed by atoms with Crippen molar-refractivity contribution in [3.05, 3.63) is 75.9 Å². The summed E-state index contributed by atoms with van der Waals surface area (Å²) in [5.41, 5.74) is 1.61. The minimum absolute atomic E-state index is 0.0181. The van der Waals surface area contributed by atoms with Crippen molar-refractivity contribution in [1.82, 2.24) is 5.01 Å². The van der Waals surface area contributed by atoms with E-state index in [0.29, 0.717) is 17.1 Å². The number of non-ortho nitro benzene ring substituents is 1. The van der Waals surface area contributed by atoms with Crippen molar-refractivity contribution < 1.29 is 24.0 Å². The lowest BCUT2D eigenvalue weighted by atomic mass is 9.85. The van der Waals surface area contributed by atoms with Gasteiger partial charge in [-0.15, -0.1) is 0 Å². The molecular formula is C26H23N3O6. The summed E-state index contributed by atoms with van der Waals surface area (Å²) in [6, 6.07) is 11.3. The first-order valence-corrected chi connectivity index (χ1v) is 11.6. The highest BCUT2D eigenvalue weighted by Gasteiger charge is 2.73. The van der Waals surface area contributed by atoms with Crippen LogP contribution in [0.25, 0.3) is 0 Å². The number of nitrogens with zero attached hydrogens (tertiary/aromatic N) is 3. The first-order chi connectivity index (χ1) is 16.9. The molecule has 4 atom stereocenters. The van der Waals surface area contributed by atoms with E-state index in [2.05, 4.69) is 17.3 Å². The fourth-order valence-corrected chi connectivity index (χ4v) is 6.06. The Bertz CT molecular complexity index is 1260. The lowest BCUT2D eigenvalue weighted by Crippen LogP contribution is -2.30. The number of hydrazone groups is 1. The van der Waals surface area contributed by atoms with Crippen LogP contribution >= 0.6 is 0 Å². The van der Waals surface area contributed by atoms with Gasteiger partial charge in [-0.2, -0.15) is 10.1 Å². The molecule has 0 radical (unpaired) electrons. The van der Waals surface area contributed by atoms with Crippen molar-refractivity contribution in [2.75, 3.05) is 7.11 Å². The molecule has 9 nitrogen and oxygen atoms in total. The smallest absolute Gasteiger partial charge is 0.269 e. The van der Waals surface area contributed by atoms with Crippen LogP contribution in [0.2, 0.25) is 0 Å². The van der Waals surface area contributed by atoms with Crippen molar-refractivity contribution in [3.63, 3.8) is 0 Å². The quantitative estimate of drug-likeness (QED) is 0.199. The van der Waals surface area contributed by atoms with Crippen molar-refractivity contribution in [1.29, 1.82) is 0 Å². The van der Waals surface area contributed by atoms with Gasteiger partial charge in [0, 0.05) is 12.1 Å². The minimum Gasteiger partial charge on any atom is -0.493 e. The van der Waals surface area contributed by atoms with Crippen molar-refractivity contribution >= 4 is 23.7 Å². The standard InChI is InChI=1S/C26H23N3O6/c1-34-21-12-16(4-9-20(21)35-14-15-2-5-17(6-3-15)29(32)33)13-27-28-24(30)22-18-7-8-19(23(22)25(28)31)26(18)10-11-26/h2-9,12-13,18-19,22-23H,10-11,14H2,1H3. The van der Waals surface area contributed by atoms with Crippen LogP contribution in [-0.2, 0) is 16.2 Å². The van der Waals surface area contributed by atoms with E-state index in [1.165, 1.54) is 25.5 Å². The number of ether oxygens (including phenoxy) is 2. The molecule has 35 heavy (non-hydrogen) atoms. The predicted molar refractivity (Wildman–Crippen MR) is 125 cm³/mol. The maximum absolute atomic E-state index is 13.1. The van der Waals surface area contributed by atoms with Crippen LogP contribution in [-0.4, -0.2) is 35.1 Å². The minimum atomic E-state index is -0.450. The molecule has 6 rings (SSSR count). The summed E-state index contributed by atoms with van der Waals surface area (Å²) in [6.45, 7) is 0.208. The molecule has 2 aromatic carbocycles. The van der Waals surface area contributed by atoms with E-state index in [1.54, 1.807) is 30.3 Å². The number of amides is 2. The summed E-state index contributed by atoms with van der Waals surface area (Å²) < 4.78 is 11.3. The third kappa shape index (κ3) is 3.25. The Hall–Kier alpha value is -4.01. The second kappa shape index (κ2) is 7.76. The summed E-state index contributed by atoms with van der Waals surface area (Å²) in [6.07, 6.45) is 7.96. The topological polar surface area (TPSA) is 111 Å². The van der Waals surface area contributed by atoms with Crippen LogP contribution in [0.3, 0.4) is 0 Å². The van der Waals surface area contributed by atoms with E-state index in [0.717, 1.165) is 23.4 Å². The number of hydrogen-bond acceptors (Lipinski definition) is 7. The molecule has 4 unspecified atom stereocenters. The Morgan fingerprint density at radius 3 is 2.29 bits per heavy atom. The fraction of sp³-hybridized carbons (Fsp3) is 0.346. The molecule has 0 N–H and O–H groups in total. The predicted octanol–water partition coefficient (Wildman–Crippen LogP) is 3.71. The number of carbonyl (C=O) groups is 2. The molecule has 3 fully saturated rings.